The van der Waals surface area contributed by atoms with E-state index in [1.54, 1.807) is 36.4 Å². The minimum atomic E-state index is -1.08. The van der Waals surface area contributed by atoms with E-state index < -0.39 is 23.2 Å². The molecule has 3 aromatic heterocycles. The summed E-state index contributed by atoms with van der Waals surface area (Å²) >= 11 is 5.90. The Balaban J connectivity index is 1.33. The molecule has 1 aliphatic rings. The molecule has 1 N–H and O–H groups in total. The van der Waals surface area contributed by atoms with Crippen molar-refractivity contribution in [2.24, 2.45) is 5.41 Å². The Morgan fingerprint density at radius 3 is 2.57 bits per heavy atom. The first kappa shape index (κ1) is 29.5. The number of hydrogen-bond donors (Lipinski definition) is 1. The van der Waals surface area contributed by atoms with Gasteiger partial charge in [0, 0.05) is 28.3 Å². The van der Waals surface area contributed by atoms with Crippen LogP contribution in [0.25, 0.3) is 22.3 Å². The van der Waals surface area contributed by atoms with E-state index in [0.717, 1.165) is 23.9 Å². The average Bonchev–Trinajstić information content (AvgIpc) is 3.52. The van der Waals surface area contributed by atoms with Crippen LogP contribution in [0.4, 0.5) is 8.78 Å². The number of halogens is 3. The fraction of sp³-hybridized carbons (Fsp3) is 0.250. The van der Waals surface area contributed by atoms with Crippen LogP contribution < -0.4 is 10.3 Å². The number of benzene rings is 2. The molecule has 1 aliphatic heterocycles. The summed E-state index contributed by atoms with van der Waals surface area (Å²) in [6.45, 7) is 4.83. The van der Waals surface area contributed by atoms with Crippen LogP contribution in [0.1, 0.15) is 41.6 Å². The largest absolute Gasteiger partial charge is 0.478 e. The van der Waals surface area contributed by atoms with Crippen molar-refractivity contribution in [1.29, 1.82) is 0 Å². The van der Waals surface area contributed by atoms with Crippen LogP contribution in [0.15, 0.2) is 71.7 Å². The number of ether oxygens (including phenoxy) is 2. The lowest BCUT2D eigenvalue weighted by Gasteiger charge is -2.28. The molecular weight excluding hydrogens is 594 g/mol. The van der Waals surface area contributed by atoms with Gasteiger partial charge in [-0.1, -0.05) is 37.6 Å². The van der Waals surface area contributed by atoms with Gasteiger partial charge in [-0.25, -0.2) is 23.5 Å². The van der Waals surface area contributed by atoms with E-state index in [-0.39, 0.29) is 47.3 Å². The van der Waals surface area contributed by atoms with Gasteiger partial charge >= 0.3 is 5.97 Å². The maximum atomic E-state index is 15.6. The molecule has 226 valence electrons. The zero-order valence-electron chi connectivity index (χ0n) is 23.8. The second kappa shape index (κ2) is 11.5. The Bertz CT molecular complexity index is 1960. The van der Waals surface area contributed by atoms with E-state index in [2.05, 4.69) is 4.98 Å². The molecule has 0 amide bonds. The summed E-state index contributed by atoms with van der Waals surface area (Å²) in [6.07, 6.45) is 1.06. The summed E-state index contributed by atoms with van der Waals surface area (Å²) in [5, 5.41) is 10.1. The normalized spacial score (nSPS) is 16.0. The van der Waals surface area contributed by atoms with Crippen LogP contribution in [0, 0.1) is 17.0 Å². The fourth-order valence-corrected chi connectivity index (χ4v) is 5.47. The summed E-state index contributed by atoms with van der Waals surface area (Å²) in [5.74, 6) is -2.46. The predicted molar refractivity (Wildman–Crippen MR) is 159 cm³/mol. The number of carbonyl (C=O) groups is 1. The molecule has 44 heavy (non-hydrogen) atoms. The van der Waals surface area contributed by atoms with E-state index in [4.69, 9.17) is 26.1 Å². The molecule has 2 aromatic carbocycles. The first-order valence-corrected chi connectivity index (χ1v) is 14.1. The topological polar surface area (TPSA) is 108 Å². The lowest BCUT2D eigenvalue weighted by Crippen LogP contribution is -2.29. The van der Waals surface area contributed by atoms with Gasteiger partial charge in [-0.2, -0.15) is 0 Å². The van der Waals surface area contributed by atoms with Crippen molar-refractivity contribution >= 4 is 28.6 Å². The van der Waals surface area contributed by atoms with Crippen molar-refractivity contribution in [3.63, 3.8) is 0 Å². The van der Waals surface area contributed by atoms with Crippen molar-refractivity contribution in [2.45, 2.75) is 33.0 Å². The van der Waals surface area contributed by atoms with Crippen LogP contribution >= 0.6 is 11.6 Å². The van der Waals surface area contributed by atoms with E-state index in [1.165, 1.54) is 16.7 Å². The third kappa shape index (κ3) is 5.68. The third-order valence-electron chi connectivity index (χ3n) is 7.74. The van der Waals surface area contributed by atoms with E-state index in [1.807, 2.05) is 18.4 Å². The van der Waals surface area contributed by atoms with Crippen LogP contribution in [-0.4, -0.2) is 43.4 Å². The molecular formula is C32H27ClF2N4O5. The van der Waals surface area contributed by atoms with Crippen molar-refractivity contribution < 1.29 is 28.2 Å². The standard InChI is InChI=1S/C32H27ClF2N4O5/c1-32(2)17-43-16-27(32)39-26-11-19(31(41)42)5-9-25(26)36-28(39)14-38-13-23(35)21(12-29(38)40)24-10-8-22(34)30(37-24)44-15-18-3-6-20(33)7-4-18/h3-13,27H,14-17H2,1-2H3,(H,41,42)/t27-/m1/s1. The molecule has 0 bridgehead atoms. The summed E-state index contributed by atoms with van der Waals surface area (Å²) in [6, 6.07) is 14.7. The number of nitrogens with zero attached hydrogens (tertiary/aromatic N) is 4. The van der Waals surface area contributed by atoms with Gasteiger partial charge < -0.3 is 23.7 Å². The molecule has 5 aromatic rings. The fourth-order valence-electron chi connectivity index (χ4n) is 5.34. The molecule has 0 aliphatic carbocycles. The van der Waals surface area contributed by atoms with E-state index >= 15 is 4.39 Å². The Morgan fingerprint density at radius 2 is 1.86 bits per heavy atom. The Hall–Kier alpha value is -4.61. The minimum Gasteiger partial charge on any atom is -0.478 e. The lowest BCUT2D eigenvalue weighted by molar-refractivity contribution is 0.0697. The summed E-state index contributed by atoms with van der Waals surface area (Å²) in [7, 11) is 0. The molecule has 0 spiro atoms. The molecule has 0 saturated carbocycles. The van der Waals surface area contributed by atoms with Crippen LogP contribution in [0.5, 0.6) is 5.88 Å². The Morgan fingerprint density at radius 1 is 1.09 bits per heavy atom. The predicted octanol–water partition coefficient (Wildman–Crippen LogP) is 6.11. The Labute approximate surface area is 255 Å². The molecule has 1 atom stereocenters. The van der Waals surface area contributed by atoms with Crippen molar-refractivity contribution in [3.8, 4) is 17.1 Å². The molecule has 9 nitrogen and oxygen atoms in total. The van der Waals surface area contributed by atoms with Crippen molar-refractivity contribution in [3.05, 3.63) is 111 Å². The lowest BCUT2D eigenvalue weighted by atomic mass is 9.87. The monoisotopic (exact) mass is 620 g/mol. The number of carboxylic acid groups (broad SMARTS) is 1. The van der Waals surface area contributed by atoms with Gasteiger partial charge in [0.25, 0.3) is 11.4 Å². The molecule has 0 unspecified atom stereocenters. The van der Waals surface area contributed by atoms with Crippen LogP contribution in [0.2, 0.25) is 5.02 Å². The molecule has 1 saturated heterocycles. The summed E-state index contributed by atoms with van der Waals surface area (Å²) in [5.41, 5.74) is 0.997. The third-order valence-corrected chi connectivity index (χ3v) is 7.99. The van der Waals surface area contributed by atoms with E-state index in [9.17, 15) is 19.1 Å². The minimum absolute atomic E-state index is 0.00637. The first-order chi connectivity index (χ1) is 21.0. The quantitative estimate of drug-likeness (QED) is 0.223. The van der Waals surface area contributed by atoms with Gasteiger partial charge in [0.05, 0.1) is 48.1 Å². The van der Waals surface area contributed by atoms with Gasteiger partial charge in [0.1, 0.15) is 18.2 Å². The highest BCUT2D eigenvalue weighted by atomic mass is 35.5. The number of pyridine rings is 2. The second-order valence-electron chi connectivity index (χ2n) is 11.3. The molecule has 12 heteroatoms. The van der Waals surface area contributed by atoms with Gasteiger partial charge in [0.15, 0.2) is 5.82 Å². The molecule has 6 rings (SSSR count). The average molecular weight is 621 g/mol. The number of rotatable bonds is 8. The van der Waals surface area contributed by atoms with Crippen LogP contribution in [-0.2, 0) is 17.9 Å². The highest BCUT2D eigenvalue weighted by Crippen LogP contribution is 2.40. The highest BCUT2D eigenvalue weighted by Gasteiger charge is 2.39. The zero-order valence-corrected chi connectivity index (χ0v) is 24.5. The first-order valence-electron chi connectivity index (χ1n) is 13.8. The summed E-state index contributed by atoms with van der Waals surface area (Å²) < 4.78 is 44.4. The number of aromatic nitrogens is 4. The molecule has 4 heterocycles. The number of aromatic carboxylic acids is 1. The molecule has 0 radical (unpaired) electrons. The maximum absolute atomic E-state index is 15.6. The highest BCUT2D eigenvalue weighted by molar-refractivity contribution is 6.30. The Kier molecular flexibility index (Phi) is 7.68. The number of imidazole rings is 1. The maximum Gasteiger partial charge on any atom is 0.335 e. The summed E-state index contributed by atoms with van der Waals surface area (Å²) in [4.78, 5) is 33.8. The van der Waals surface area contributed by atoms with Gasteiger partial charge in [-0.05, 0) is 48.0 Å². The smallest absolute Gasteiger partial charge is 0.335 e. The second-order valence-corrected chi connectivity index (χ2v) is 11.8. The van der Waals surface area contributed by atoms with Gasteiger partial charge in [-0.3, -0.25) is 4.79 Å². The molecule has 1 fully saturated rings. The SMILES string of the molecule is CC1(C)COC[C@H]1n1c(Cn2cc(F)c(-c3ccc(F)c(OCc4ccc(Cl)cc4)n3)cc2=O)nc2ccc(C(=O)O)cc21. The number of fused-ring (bicyclic) bond motifs is 1. The zero-order chi connectivity index (χ0) is 31.2. The van der Waals surface area contributed by atoms with Gasteiger partial charge in [0.2, 0.25) is 0 Å². The van der Waals surface area contributed by atoms with Crippen molar-refractivity contribution in [1.82, 2.24) is 19.1 Å². The van der Waals surface area contributed by atoms with Gasteiger partial charge in [-0.15, -0.1) is 0 Å². The van der Waals surface area contributed by atoms with Crippen LogP contribution in [0.3, 0.4) is 0 Å². The number of hydrogen-bond acceptors (Lipinski definition) is 6. The van der Waals surface area contributed by atoms with E-state index in [0.29, 0.717) is 35.1 Å². The van der Waals surface area contributed by atoms with Crippen molar-refractivity contribution in [2.75, 3.05) is 13.2 Å². The number of carboxylic acids is 1.